The number of hydrogen-bond acceptors (Lipinski definition) is 4. The van der Waals surface area contributed by atoms with Gasteiger partial charge in [-0.15, -0.1) is 0 Å². The third kappa shape index (κ3) is 3.15. The highest BCUT2D eigenvalue weighted by molar-refractivity contribution is 5.76. The van der Waals surface area contributed by atoms with Crippen molar-refractivity contribution in [3.63, 3.8) is 0 Å². The van der Waals surface area contributed by atoms with E-state index < -0.39 is 16.3 Å². The van der Waals surface area contributed by atoms with E-state index in [4.69, 9.17) is 0 Å². The van der Waals surface area contributed by atoms with E-state index >= 15 is 0 Å². The van der Waals surface area contributed by atoms with Crippen molar-refractivity contribution in [2.45, 2.75) is 39.0 Å². The molecule has 0 amide bonds. The lowest BCUT2D eigenvalue weighted by atomic mass is 9.74. The molecule has 0 bridgehead atoms. The number of nitrogens with one attached hydrogen (secondary N) is 1. The molecule has 0 radical (unpaired) electrons. The van der Waals surface area contributed by atoms with Crippen LogP contribution in [0, 0.1) is 22.5 Å². The molecular weight excluding hydrogens is 272 g/mol. The van der Waals surface area contributed by atoms with Gasteiger partial charge in [-0.1, -0.05) is 25.3 Å². The summed E-state index contributed by atoms with van der Waals surface area (Å²) in [6.45, 7) is 1.99. The number of nitro benzene ring substituents is 1. The molecule has 0 aromatic heterocycles. The molecule has 0 saturated heterocycles. The molecule has 0 heterocycles. The second-order valence-electron chi connectivity index (χ2n) is 5.71. The van der Waals surface area contributed by atoms with Crippen molar-refractivity contribution >= 4 is 17.3 Å². The van der Waals surface area contributed by atoms with Crippen molar-refractivity contribution in [2.24, 2.45) is 5.41 Å². The lowest BCUT2D eigenvalue weighted by Gasteiger charge is -2.33. The first-order chi connectivity index (χ1) is 9.96. The van der Waals surface area contributed by atoms with Gasteiger partial charge in [0.05, 0.1) is 10.3 Å². The van der Waals surface area contributed by atoms with Crippen LogP contribution in [0.2, 0.25) is 0 Å². The summed E-state index contributed by atoms with van der Waals surface area (Å²) in [6.07, 6.45) is 4.22. The molecule has 1 aliphatic carbocycles. The molecule has 2 rings (SSSR count). The van der Waals surface area contributed by atoms with Gasteiger partial charge in [-0.25, -0.2) is 0 Å². The van der Waals surface area contributed by atoms with E-state index in [9.17, 15) is 20.0 Å². The summed E-state index contributed by atoms with van der Waals surface area (Å²) in [4.78, 5) is 22.1. The maximum Gasteiger partial charge on any atom is 0.311 e. The van der Waals surface area contributed by atoms with Crippen molar-refractivity contribution in [1.29, 1.82) is 0 Å². The van der Waals surface area contributed by atoms with Gasteiger partial charge in [0.25, 0.3) is 5.69 Å². The Morgan fingerprint density at radius 1 is 1.38 bits per heavy atom. The molecular formula is C15H20N2O4. The molecule has 114 valence electrons. The summed E-state index contributed by atoms with van der Waals surface area (Å²) < 4.78 is 0. The Labute approximate surface area is 123 Å². The highest BCUT2D eigenvalue weighted by Gasteiger charge is 2.39. The zero-order valence-electron chi connectivity index (χ0n) is 12.1. The van der Waals surface area contributed by atoms with Crippen molar-refractivity contribution in [2.75, 3.05) is 11.9 Å². The molecule has 2 N–H and O–H groups in total. The maximum atomic E-state index is 11.6. The molecule has 1 aliphatic rings. The molecule has 6 heteroatoms. The number of rotatable bonds is 5. The van der Waals surface area contributed by atoms with E-state index in [2.05, 4.69) is 5.32 Å². The lowest BCUT2D eigenvalue weighted by molar-refractivity contribution is -0.385. The molecule has 6 nitrogen and oxygen atoms in total. The summed E-state index contributed by atoms with van der Waals surface area (Å²) >= 11 is 0. The summed E-state index contributed by atoms with van der Waals surface area (Å²) in [5, 5.41) is 23.6. The standard InChI is InChI=1S/C15H20N2O4/c1-11-12(6-5-7-13(11)17(20)21)16-10-15(14(18)19)8-3-2-4-9-15/h5-7,16H,2-4,8-10H2,1H3,(H,18,19). The lowest BCUT2D eigenvalue weighted by Crippen LogP contribution is -2.39. The average molecular weight is 292 g/mol. The topological polar surface area (TPSA) is 92.5 Å². The fourth-order valence-corrected chi connectivity index (χ4v) is 2.97. The summed E-state index contributed by atoms with van der Waals surface area (Å²) in [6, 6.07) is 4.82. The summed E-state index contributed by atoms with van der Waals surface area (Å²) in [5.74, 6) is -0.780. The van der Waals surface area contributed by atoms with Crippen LogP contribution in [-0.2, 0) is 4.79 Å². The van der Waals surface area contributed by atoms with Crippen LogP contribution >= 0.6 is 0 Å². The van der Waals surface area contributed by atoms with Crippen LogP contribution in [-0.4, -0.2) is 22.5 Å². The van der Waals surface area contributed by atoms with Crippen molar-refractivity contribution in [1.82, 2.24) is 0 Å². The summed E-state index contributed by atoms with van der Waals surface area (Å²) in [5.41, 5.74) is 0.470. The number of nitrogens with zero attached hydrogens (tertiary/aromatic N) is 1. The third-order valence-electron chi connectivity index (χ3n) is 4.38. The molecule has 0 unspecified atom stereocenters. The van der Waals surface area contributed by atoms with Gasteiger partial charge in [-0.2, -0.15) is 0 Å². The van der Waals surface area contributed by atoms with Gasteiger partial charge >= 0.3 is 5.97 Å². The first-order valence-electron chi connectivity index (χ1n) is 7.17. The number of carboxylic acid groups (broad SMARTS) is 1. The van der Waals surface area contributed by atoms with Crippen molar-refractivity contribution < 1.29 is 14.8 Å². The fourth-order valence-electron chi connectivity index (χ4n) is 2.97. The van der Waals surface area contributed by atoms with Crippen LogP contribution in [0.1, 0.15) is 37.7 Å². The van der Waals surface area contributed by atoms with Gasteiger partial charge in [0.2, 0.25) is 0 Å². The molecule has 0 aliphatic heterocycles. The van der Waals surface area contributed by atoms with Gasteiger partial charge in [0, 0.05) is 23.9 Å². The summed E-state index contributed by atoms with van der Waals surface area (Å²) in [7, 11) is 0. The maximum absolute atomic E-state index is 11.6. The number of benzene rings is 1. The van der Waals surface area contributed by atoms with Gasteiger partial charge < -0.3 is 10.4 Å². The second-order valence-corrected chi connectivity index (χ2v) is 5.71. The van der Waals surface area contributed by atoms with Crippen LogP contribution in [0.5, 0.6) is 0 Å². The zero-order valence-corrected chi connectivity index (χ0v) is 12.1. The molecule has 1 fully saturated rings. The minimum atomic E-state index is -0.780. The zero-order chi connectivity index (χ0) is 15.5. The van der Waals surface area contributed by atoms with Crippen LogP contribution < -0.4 is 5.32 Å². The molecule has 21 heavy (non-hydrogen) atoms. The highest BCUT2D eigenvalue weighted by atomic mass is 16.6. The SMILES string of the molecule is Cc1c(NCC2(C(=O)O)CCCCC2)cccc1[N+](=O)[O-]. The minimum absolute atomic E-state index is 0.0491. The molecule has 0 spiro atoms. The fraction of sp³-hybridized carbons (Fsp3) is 0.533. The Morgan fingerprint density at radius 3 is 2.62 bits per heavy atom. The Kier molecular flexibility index (Phi) is 4.45. The number of carbonyl (C=O) groups is 1. The van der Waals surface area contributed by atoms with Gasteiger partial charge in [0.15, 0.2) is 0 Å². The molecule has 1 aromatic carbocycles. The number of anilines is 1. The highest BCUT2D eigenvalue weighted by Crippen LogP contribution is 2.37. The van der Waals surface area contributed by atoms with Crippen LogP contribution in [0.15, 0.2) is 18.2 Å². The smallest absolute Gasteiger partial charge is 0.311 e. The van der Waals surface area contributed by atoms with E-state index in [0.717, 1.165) is 19.3 Å². The number of aliphatic carboxylic acids is 1. The van der Waals surface area contributed by atoms with E-state index in [1.54, 1.807) is 19.1 Å². The van der Waals surface area contributed by atoms with Crippen molar-refractivity contribution in [3.05, 3.63) is 33.9 Å². The number of hydrogen-bond donors (Lipinski definition) is 2. The first kappa shape index (κ1) is 15.3. The Balaban J connectivity index is 2.16. The Morgan fingerprint density at radius 2 is 2.05 bits per heavy atom. The quantitative estimate of drug-likeness (QED) is 0.641. The van der Waals surface area contributed by atoms with Gasteiger partial charge in [-0.3, -0.25) is 14.9 Å². The van der Waals surface area contributed by atoms with Crippen LogP contribution in [0.4, 0.5) is 11.4 Å². The van der Waals surface area contributed by atoms with Crippen LogP contribution in [0.25, 0.3) is 0 Å². The Hall–Kier alpha value is -2.11. The van der Waals surface area contributed by atoms with E-state index in [-0.39, 0.29) is 5.69 Å². The second kappa shape index (κ2) is 6.11. The Bertz CT molecular complexity index is 551. The van der Waals surface area contributed by atoms with Crippen LogP contribution in [0.3, 0.4) is 0 Å². The first-order valence-corrected chi connectivity index (χ1v) is 7.17. The molecule has 1 saturated carbocycles. The van der Waals surface area contributed by atoms with E-state index in [1.165, 1.54) is 6.07 Å². The van der Waals surface area contributed by atoms with E-state index in [0.29, 0.717) is 30.6 Å². The molecule has 0 atom stereocenters. The normalized spacial score (nSPS) is 17.2. The predicted octanol–water partition coefficient (Wildman–Crippen LogP) is 3.35. The van der Waals surface area contributed by atoms with Crippen molar-refractivity contribution in [3.8, 4) is 0 Å². The number of nitro groups is 1. The average Bonchev–Trinajstić information content (AvgIpc) is 2.46. The molecule has 1 aromatic rings. The van der Waals surface area contributed by atoms with E-state index in [1.807, 2.05) is 0 Å². The third-order valence-corrected chi connectivity index (χ3v) is 4.38. The van der Waals surface area contributed by atoms with Gasteiger partial charge in [-0.05, 0) is 25.8 Å². The monoisotopic (exact) mass is 292 g/mol. The predicted molar refractivity (Wildman–Crippen MR) is 79.5 cm³/mol. The number of carboxylic acids is 1. The largest absolute Gasteiger partial charge is 0.481 e. The minimum Gasteiger partial charge on any atom is -0.481 e. The van der Waals surface area contributed by atoms with Gasteiger partial charge in [0.1, 0.15) is 0 Å².